The van der Waals surface area contributed by atoms with Crippen molar-refractivity contribution in [3.63, 3.8) is 0 Å². The Morgan fingerprint density at radius 3 is 2.30 bits per heavy atom. The lowest BCUT2D eigenvalue weighted by Gasteiger charge is -2.44. The molecule has 0 spiro atoms. The van der Waals surface area contributed by atoms with E-state index in [0.29, 0.717) is 0 Å². The highest BCUT2D eigenvalue weighted by Crippen LogP contribution is 2.41. The third-order valence-electron chi connectivity index (χ3n) is 4.93. The summed E-state index contributed by atoms with van der Waals surface area (Å²) in [5.41, 5.74) is 4.00. The SMILES string of the molecule is COc1cc2c(cc1OC)C(C)(C)N(Cc1ccccc1)CC2. The summed E-state index contributed by atoms with van der Waals surface area (Å²) in [5.74, 6) is 1.62. The van der Waals surface area contributed by atoms with Crippen LogP contribution in [0.5, 0.6) is 11.5 Å². The topological polar surface area (TPSA) is 21.7 Å². The van der Waals surface area contributed by atoms with Gasteiger partial charge in [-0.05, 0) is 49.1 Å². The first-order valence-electron chi connectivity index (χ1n) is 8.10. The first-order chi connectivity index (χ1) is 11.1. The van der Waals surface area contributed by atoms with Crippen LogP contribution in [0.25, 0.3) is 0 Å². The smallest absolute Gasteiger partial charge is 0.161 e. The number of methoxy groups -OCH3 is 2. The predicted molar refractivity (Wildman–Crippen MR) is 93.1 cm³/mol. The van der Waals surface area contributed by atoms with Crippen LogP contribution in [0.2, 0.25) is 0 Å². The average molecular weight is 311 g/mol. The van der Waals surface area contributed by atoms with E-state index in [9.17, 15) is 0 Å². The zero-order valence-electron chi connectivity index (χ0n) is 14.4. The Labute approximate surface area is 138 Å². The maximum absolute atomic E-state index is 5.51. The van der Waals surface area contributed by atoms with Crippen molar-refractivity contribution in [3.8, 4) is 11.5 Å². The molecule has 2 aromatic carbocycles. The largest absolute Gasteiger partial charge is 0.493 e. The second kappa shape index (κ2) is 6.25. The summed E-state index contributed by atoms with van der Waals surface area (Å²) >= 11 is 0. The van der Waals surface area contributed by atoms with E-state index in [1.807, 2.05) is 0 Å². The average Bonchev–Trinajstić information content (AvgIpc) is 2.57. The van der Waals surface area contributed by atoms with E-state index in [1.54, 1.807) is 14.2 Å². The van der Waals surface area contributed by atoms with E-state index in [4.69, 9.17) is 9.47 Å². The van der Waals surface area contributed by atoms with E-state index in [2.05, 4.69) is 61.2 Å². The van der Waals surface area contributed by atoms with Crippen LogP contribution in [0.3, 0.4) is 0 Å². The molecule has 0 N–H and O–H groups in total. The summed E-state index contributed by atoms with van der Waals surface area (Å²) in [7, 11) is 3.39. The van der Waals surface area contributed by atoms with Crippen molar-refractivity contribution in [1.29, 1.82) is 0 Å². The number of rotatable bonds is 4. The minimum Gasteiger partial charge on any atom is -0.493 e. The normalized spacial score (nSPS) is 16.7. The zero-order chi connectivity index (χ0) is 16.4. The molecule has 0 bridgehead atoms. The molecule has 1 heterocycles. The highest BCUT2D eigenvalue weighted by molar-refractivity contribution is 5.50. The van der Waals surface area contributed by atoms with Crippen LogP contribution in [0, 0.1) is 0 Å². The molecule has 0 saturated heterocycles. The summed E-state index contributed by atoms with van der Waals surface area (Å²) in [6.45, 7) is 6.59. The van der Waals surface area contributed by atoms with Gasteiger partial charge < -0.3 is 9.47 Å². The molecule has 0 saturated carbocycles. The number of ether oxygens (including phenoxy) is 2. The molecule has 0 amide bonds. The van der Waals surface area contributed by atoms with Crippen LogP contribution in [0.15, 0.2) is 42.5 Å². The molecule has 3 heteroatoms. The molecule has 3 rings (SSSR count). The zero-order valence-corrected chi connectivity index (χ0v) is 14.4. The molecule has 122 valence electrons. The van der Waals surface area contributed by atoms with Crippen LogP contribution < -0.4 is 9.47 Å². The molecule has 0 atom stereocenters. The minimum absolute atomic E-state index is 0.0387. The van der Waals surface area contributed by atoms with Crippen LogP contribution in [-0.2, 0) is 18.5 Å². The second-order valence-corrected chi connectivity index (χ2v) is 6.58. The van der Waals surface area contributed by atoms with Gasteiger partial charge in [0, 0.05) is 18.6 Å². The van der Waals surface area contributed by atoms with Gasteiger partial charge in [0.15, 0.2) is 11.5 Å². The summed E-state index contributed by atoms with van der Waals surface area (Å²) in [6, 6.07) is 14.9. The van der Waals surface area contributed by atoms with Gasteiger partial charge in [-0.15, -0.1) is 0 Å². The molecule has 0 fully saturated rings. The third-order valence-corrected chi connectivity index (χ3v) is 4.93. The first kappa shape index (κ1) is 15.9. The van der Waals surface area contributed by atoms with Gasteiger partial charge in [0.05, 0.1) is 14.2 Å². The molecule has 3 nitrogen and oxygen atoms in total. The standard InChI is InChI=1S/C20H25NO2/c1-20(2)17-13-19(23-4)18(22-3)12-16(17)10-11-21(20)14-15-8-6-5-7-9-15/h5-9,12-13H,10-11,14H2,1-4H3. The summed E-state index contributed by atoms with van der Waals surface area (Å²) in [6.07, 6.45) is 1.03. The van der Waals surface area contributed by atoms with Crippen LogP contribution in [0.1, 0.15) is 30.5 Å². The Morgan fingerprint density at radius 1 is 1.00 bits per heavy atom. The van der Waals surface area contributed by atoms with Crippen molar-refractivity contribution in [3.05, 3.63) is 59.2 Å². The fourth-order valence-electron chi connectivity index (χ4n) is 3.48. The van der Waals surface area contributed by atoms with Crippen molar-refractivity contribution < 1.29 is 9.47 Å². The Hall–Kier alpha value is -2.00. The molecular formula is C20H25NO2. The number of nitrogens with zero attached hydrogens (tertiary/aromatic N) is 1. The molecule has 2 aromatic rings. The summed E-state index contributed by atoms with van der Waals surface area (Å²) in [4.78, 5) is 2.54. The lowest BCUT2D eigenvalue weighted by molar-refractivity contribution is 0.0977. The van der Waals surface area contributed by atoms with Crippen molar-refractivity contribution >= 4 is 0 Å². The van der Waals surface area contributed by atoms with E-state index in [0.717, 1.165) is 31.0 Å². The van der Waals surface area contributed by atoms with Gasteiger partial charge in [0.25, 0.3) is 0 Å². The number of benzene rings is 2. The van der Waals surface area contributed by atoms with Gasteiger partial charge in [-0.25, -0.2) is 0 Å². The van der Waals surface area contributed by atoms with Gasteiger partial charge in [-0.3, -0.25) is 4.90 Å². The molecule has 0 unspecified atom stereocenters. The molecule has 0 aromatic heterocycles. The van der Waals surface area contributed by atoms with Crippen molar-refractivity contribution in [2.75, 3.05) is 20.8 Å². The Balaban J connectivity index is 1.95. The van der Waals surface area contributed by atoms with E-state index in [1.165, 1.54) is 16.7 Å². The maximum Gasteiger partial charge on any atom is 0.161 e. The number of fused-ring (bicyclic) bond motifs is 1. The minimum atomic E-state index is -0.0387. The molecule has 0 radical (unpaired) electrons. The number of hydrogen-bond donors (Lipinski definition) is 0. The second-order valence-electron chi connectivity index (χ2n) is 6.58. The lowest BCUT2D eigenvalue weighted by atomic mass is 9.82. The van der Waals surface area contributed by atoms with Gasteiger partial charge in [0.1, 0.15) is 0 Å². The highest BCUT2D eigenvalue weighted by atomic mass is 16.5. The predicted octanol–water partition coefficient (Wildman–Crippen LogP) is 4.00. The Morgan fingerprint density at radius 2 is 1.65 bits per heavy atom. The quantitative estimate of drug-likeness (QED) is 0.852. The van der Waals surface area contributed by atoms with Crippen LogP contribution in [0.4, 0.5) is 0 Å². The first-order valence-corrected chi connectivity index (χ1v) is 8.10. The Bertz CT molecular complexity index is 680. The molecule has 23 heavy (non-hydrogen) atoms. The lowest BCUT2D eigenvalue weighted by Crippen LogP contribution is -2.46. The number of hydrogen-bond acceptors (Lipinski definition) is 3. The third kappa shape index (κ3) is 2.93. The van der Waals surface area contributed by atoms with Gasteiger partial charge in [0.2, 0.25) is 0 Å². The summed E-state index contributed by atoms with van der Waals surface area (Å²) in [5, 5.41) is 0. The molecule has 1 aliphatic heterocycles. The van der Waals surface area contributed by atoms with Gasteiger partial charge >= 0.3 is 0 Å². The van der Waals surface area contributed by atoms with Gasteiger partial charge in [-0.1, -0.05) is 30.3 Å². The molecular weight excluding hydrogens is 286 g/mol. The highest BCUT2D eigenvalue weighted by Gasteiger charge is 2.35. The van der Waals surface area contributed by atoms with Crippen LogP contribution >= 0.6 is 0 Å². The fraction of sp³-hybridized carbons (Fsp3) is 0.400. The monoisotopic (exact) mass is 311 g/mol. The molecule has 1 aliphatic rings. The maximum atomic E-state index is 5.51. The van der Waals surface area contributed by atoms with Crippen LogP contribution in [-0.4, -0.2) is 25.7 Å². The van der Waals surface area contributed by atoms with Crippen molar-refractivity contribution in [2.45, 2.75) is 32.4 Å². The summed E-state index contributed by atoms with van der Waals surface area (Å²) < 4.78 is 11.0. The van der Waals surface area contributed by atoms with E-state index in [-0.39, 0.29) is 5.54 Å². The van der Waals surface area contributed by atoms with Crippen molar-refractivity contribution in [1.82, 2.24) is 4.90 Å². The van der Waals surface area contributed by atoms with E-state index < -0.39 is 0 Å². The van der Waals surface area contributed by atoms with Crippen molar-refractivity contribution in [2.24, 2.45) is 0 Å². The van der Waals surface area contributed by atoms with E-state index >= 15 is 0 Å². The Kier molecular flexibility index (Phi) is 4.31. The fourth-order valence-corrected chi connectivity index (χ4v) is 3.48. The molecule has 0 aliphatic carbocycles. The van der Waals surface area contributed by atoms with Gasteiger partial charge in [-0.2, -0.15) is 0 Å².